The molecular weight excluding hydrogens is 122 g/mol. The van der Waals surface area contributed by atoms with Crippen LogP contribution in [0.2, 0.25) is 0 Å². The minimum absolute atomic E-state index is 0. The van der Waals surface area contributed by atoms with Gasteiger partial charge in [-0.3, -0.25) is 0 Å². The minimum atomic E-state index is 0. The fourth-order valence-corrected chi connectivity index (χ4v) is 0.829. The van der Waals surface area contributed by atoms with E-state index in [4.69, 9.17) is 4.74 Å². The Hall–Kier alpha value is 0.270. The van der Waals surface area contributed by atoms with Gasteiger partial charge in [0.1, 0.15) is 0 Å². The number of rotatable bonds is 1. The first-order chi connectivity index (χ1) is 3.43. The Kier molecular flexibility index (Phi) is 4.32. The summed E-state index contributed by atoms with van der Waals surface area (Å²) in [6.07, 6.45) is 1.66. The molecule has 0 aliphatic carbocycles. The third kappa shape index (κ3) is 2.03. The summed E-state index contributed by atoms with van der Waals surface area (Å²) >= 11 is 0. The molecule has 0 amide bonds. The van der Waals surface area contributed by atoms with E-state index in [1.165, 1.54) is 6.42 Å². The normalized spacial score (nSPS) is 27.4. The lowest BCUT2D eigenvalue weighted by Crippen LogP contribution is -2.14. The molecule has 1 rings (SSSR count). The summed E-state index contributed by atoms with van der Waals surface area (Å²) in [5.41, 5.74) is 0. The van der Waals surface area contributed by atoms with Crippen molar-refractivity contribution in [3.8, 4) is 0 Å². The van der Waals surface area contributed by atoms with E-state index in [-0.39, 0.29) is 13.5 Å². The quantitative estimate of drug-likeness (QED) is 0.551. The summed E-state index contributed by atoms with van der Waals surface area (Å²) in [5.74, 6) is 0. The van der Waals surface area contributed by atoms with Crippen LogP contribution < -0.4 is 5.32 Å². The van der Waals surface area contributed by atoms with Gasteiger partial charge in [0.2, 0.25) is 0 Å². The molecule has 1 atom stereocenters. The molecule has 0 radical (unpaired) electrons. The first kappa shape index (κ1) is 8.27. The molecule has 0 saturated carbocycles. The SMILES string of the molecule is COC1CCNC1.S. The number of ether oxygens (including phenoxy) is 1. The van der Waals surface area contributed by atoms with E-state index < -0.39 is 0 Å². The van der Waals surface area contributed by atoms with Crippen molar-refractivity contribution in [1.29, 1.82) is 0 Å². The fourth-order valence-electron chi connectivity index (χ4n) is 0.829. The highest BCUT2D eigenvalue weighted by Crippen LogP contribution is 1.99. The lowest BCUT2D eigenvalue weighted by molar-refractivity contribution is 0.119. The Morgan fingerprint density at radius 1 is 1.62 bits per heavy atom. The van der Waals surface area contributed by atoms with Crippen molar-refractivity contribution in [2.45, 2.75) is 12.5 Å². The largest absolute Gasteiger partial charge is 0.380 e. The van der Waals surface area contributed by atoms with Gasteiger partial charge in [0.15, 0.2) is 0 Å². The number of hydrogen-bond acceptors (Lipinski definition) is 2. The van der Waals surface area contributed by atoms with Crippen LogP contribution in [0.5, 0.6) is 0 Å². The summed E-state index contributed by atoms with van der Waals surface area (Å²) < 4.78 is 5.05. The predicted octanol–water partition coefficient (Wildman–Crippen LogP) is 0.108. The van der Waals surface area contributed by atoms with E-state index in [1.54, 1.807) is 7.11 Å². The maximum atomic E-state index is 5.05. The maximum Gasteiger partial charge on any atom is 0.0707 e. The number of nitrogens with one attached hydrogen (secondary N) is 1. The van der Waals surface area contributed by atoms with Gasteiger partial charge in [-0.15, -0.1) is 0 Å². The average Bonchev–Trinajstić information content (AvgIpc) is 2.14. The van der Waals surface area contributed by atoms with Crippen molar-refractivity contribution in [3.05, 3.63) is 0 Å². The summed E-state index contributed by atoms with van der Waals surface area (Å²) in [6, 6.07) is 0. The Labute approximate surface area is 57.0 Å². The van der Waals surface area contributed by atoms with E-state index in [0.29, 0.717) is 6.10 Å². The molecule has 1 aliphatic heterocycles. The van der Waals surface area contributed by atoms with E-state index in [9.17, 15) is 0 Å². The maximum absolute atomic E-state index is 5.05. The smallest absolute Gasteiger partial charge is 0.0707 e. The average molecular weight is 135 g/mol. The van der Waals surface area contributed by atoms with Gasteiger partial charge in [0.05, 0.1) is 6.10 Å². The zero-order valence-corrected chi connectivity index (χ0v) is 6.11. The molecule has 0 spiro atoms. The molecule has 1 heterocycles. The van der Waals surface area contributed by atoms with Gasteiger partial charge in [-0.2, -0.15) is 13.5 Å². The van der Waals surface area contributed by atoms with Crippen LogP contribution >= 0.6 is 13.5 Å². The van der Waals surface area contributed by atoms with Crippen molar-refractivity contribution >= 4 is 13.5 Å². The molecule has 3 heteroatoms. The molecule has 0 aromatic heterocycles. The lowest BCUT2D eigenvalue weighted by Gasteiger charge is -2.01. The van der Waals surface area contributed by atoms with Crippen LogP contribution in [0, 0.1) is 0 Å². The summed E-state index contributed by atoms with van der Waals surface area (Å²) in [7, 11) is 1.76. The van der Waals surface area contributed by atoms with Gasteiger partial charge in [0.25, 0.3) is 0 Å². The zero-order valence-electron chi connectivity index (χ0n) is 5.11. The molecule has 2 nitrogen and oxygen atoms in total. The monoisotopic (exact) mass is 135 g/mol. The summed E-state index contributed by atoms with van der Waals surface area (Å²) in [5, 5.41) is 3.20. The van der Waals surface area contributed by atoms with E-state index in [2.05, 4.69) is 5.32 Å². The molecule has 1 saturated heterocycles. The van der Waals surface area contributed by atoms with Gasteiger partial charge in [-0.1, -0.05) is 0 Å². The molecular formula is C5H13NOS. The molecule has 1 aliphatic rings. The fraction of sp³-hybridized carbons (Fsp3) is 1.00. The summed E-state index contributed by atoms with van der Waals surface area (Å²) in [4.78, 5) is 0. The van der Waals surface area contributed by atoms with Crippen LogP contribution in [0.4, 0.5) is 0 Å². The second-order valence-electron chi connectivity index (χ2n) is 1.85. The Balaban J connectivity index is 0.000000490. The molecule has 1 fully saturated rings. The molecule has 0 aromatic carbocycles. The molecule has 50 valence electrons. The van der Waals surface area contributed by atoms with E-state index in [1.807, 2.05) is 0 Å². The lowest BCUT2D eigenvalue weighted by atomic mass is 10.3. The summed E-state index contributed by atoms with van der Waals surface area (Å²) in [6.45, 7) is 2.16. The number of methoxy groups -OCH3 is 1. The van der Waals surface area contributed by atoms with Crippen molar-refractivity contribution in [1.82, 2.24) is 5.32 Å². The van der Waals surface area contributed by atoms with Crippen molar-refractivity contribution in [3.63, 3.8) is 0 Å². The van der Waals surface area contributed by atoms with Crippen LogP contribution in [0.3, 0.4) is 0 Å². The van der Waals surface area contributed by atoms with Crippen LogP contribution in [0.15, 0.2) is 0 Å². The third-order valence-corrected chi connectivity index (χ3v) is 1.35. The molecule has 1 unspecified atom stereocenters. The highest BCUT2D eigenvalue weighted by molar-refractivity contribution is 7.59. The zero-order chi connectivity index (χ0) is 5.11. The second-order valence-corrected chi connectivity index (χ2v) is 1.85. The topological polar surface area (TPSA) is 21.3 Å². The third-order valence-electron chi connectivity index (χ3n) is 1.35. The van der Waals surface area contributed by atoms with E-state index >= 15 is 0 Å². The first-order valence-corrected chi connectivity index (χ1v) is 2.67. The van der Waals surface area contributed by atoms with Gasteiger partial charge in [-0.05, 0) is 13.0 Å². The Morgan fingerprint density at radius 3 is 2.62 bits per heavy atom. The second kappa shape index (κ2) is 4.18. The molecule has 8 heavy (non-hydrogen) atoms. The standard InChI is InChI=1S/C5H11NO.H2S/c1-7-5-2-3-6-4-5;/h5-6H,2-4H2,1H3;1H2. The van der Waals surface area contributed by atoms with Gasteiger partial charge >= 0.3 is 0 Å². The Bertz CT molecular complexity index is 54.4. The van der Waals surface area contributed by atoms with Gasteiger partial charge in [0, 0.05) is 13.7 Å². The predicted molar refractivity (Wildman–Crippen MR) is 38.7 cm³/mol. The van der Waals surface area contributed by atoms with Crippen LogP contribution in [0.25, 0.3) is 0 Å². The highest BCUT2D eigenvalue weighted by Gasteiger charge is 2.11. The molecule has 1 N–H and O–H groups in total. The highest BCUT2D eigenvalue weighted by atomic mass is 32.1. The number of hydrogen-bond donors (Lipinski definition) is 1. The van der Waals surface area contributed by atoms with Crippen molar-refractivity contribution in [2.24, 2.45) is 0 Å². The van der Waals surface area contributed by atoms with Crippen molar-refractivity contribution in [2.75, 3.05) is 20.2 Å². The molecule has 0 bridgehead atoms. The van der Waals surface area contributed by atoms with Crippen LogP contribution in [-0.4, -0.2) is 26.3 Å². The molecule has 0 aromatic rings. The minimum Gasteiger partial charge on any atom is -0.380 e. The first-order valence-electron chi connectivity index (χ1n) is 2.67. The van der Waals surface area contributed by atoms with E-state index in [0.717, 1.165) is 13.1 Å². The van der Waals surface area contributed by atoms with Gasteiger partial charge < -0.3 is 10.1 Å². The van der Waals surface area contributed by atoms with Crippen molar-refractivity contribution < 1.29 is 4.74 Å². The Morgan fingerprint density at radius 2 is 2.38 bits per heavy atom. The van der Waals surface area contributed by atoms with Crippen LogP contribution in [0.1, 0.15) is 6.42 Å². The van der Waals surface area contributed by atoms with Crippen LogP contribution in [-0.2, 0) is 4.74 Å². The van der Waals surface area contributed by atoms with Gasteiger partial charge in [-0.25, -0.2) is 0 Å².